The Morgan fingerprint density at radius 3 is 2.72 bits per heavy atom. The van der Waals surface area contributed by atoms with Gasteiger partial charge in [0.05, 0.1) is 18.8 Å². The van der Waals surface area contributed by atoms with Crippen LogP contribution in [-0.2, 0) is 0 Å². The molecule has 5 heteroatoms. The third-order valence-electron chi connectivity index (χ3n) is 2.72. The summed E-state index contributed by atoms with van der Waals surface area (Å²) in [7, 11) is 3.24. The minimum Gasteiger partial charge on any atom is -0.497 e. The zero-order valence-corrected chi connectivity index (χ0v) is 11.0. The van der Waals surface area contributed by atoms with E-state index in [0.717, 1.165) is 0 Å². The van der Waals surface area contributed by atoms with Gasteiger partial charge in [0.1, 0.15) is 5.75 Å². The van der Waals surface area contributed by atoms with Gasteiger partial charge >= 0.3 is 0 Å². The monoisotopic (exact) mass is 252 g/mol. The summed E-state index contributed by atoms with van der Waals surface area (Å²) in [5.41, 5.74) is 6.65. The van der Waals surface area contributed by atoms with Crippen molar-refractivity contribution < 1.29 is 14.6 Å². The van der Waals surface area contributed by atoms with E-state index >= 15 is 0 Å². The predicted molar refractivity (Wildman–Crippen MR) is 70.7 cm³/mol. The maximum Gasteiger partial charge on any atom is 0.255 e. The third kappa shape index (κ3) is 3.63. The Bertz CT molecular complexity index is 419. The maximum atomic E-state index is 12.1. The van der Waals surface area contributed by atoms with E-state index in [4.69, 9.17) is 10.5 Å². The Morgan fingerprint density at radius 2 is 2.22 bits per heavy atom. The Hall–Kier alpha value is -1.75. The van der Waals surface area contributed by atoms with E-state index in [-0.39, 0.29) is 5.91 Å². The first-order valence-electron chi connectivity index (χ1n) is 5.82. The molecule has 0 aliphatic rings. The SMILES string of the molecule is COc1ccc(C(=O)N(C)CCC(C)O)c(N)c1. The molecule has 0 radical (unpaired) electrons. The lowest BCUT2D eigenvalue weighted by Gasteiger charge is -2.19. The number of hydrogen-bond donors (Lipinski definition) is 2. The van der Waals surface area contributed by atoms with Gasteiger partial charge in [0.25, 0.3) is 5.91 Å². The lowest BCUT2D eigenvalue weighted by molar-refractivity contribution is 0.0770. The maximum absolute atomic E-state index is 12.1. The van der Waals surface area contributed by atoms with Gasteiger partial charge in [-0.15, -0.1) is 0 Å². The summed E-state index contributed by atoms with van der Waals surface area (Å²) in [6.07, 6.45) is 0.117. The van der Waals surface area contributed by atoms with E-state index in [2.05, 4.69) is 0 Å². The quantitative estimate of drug-likeness (QED) is 0.770. The fourth-order valence-electron chi connectivity index (χ4n) is 1.55. The van der Waals surface area contributed by atoms with Crippen LogP contribution in [0.3, 0.4) is 0 Å². The largest absolute Gasteiger partial charge is 0.497 e. The fraction of sp³-hybridized carbons (Fsp3) is 0.462. The number of nitrogens with zero attached hydrogens (tertiary/aromatic N) is 1. The van der Waals surface area contributed by atoms with Crippen LogP contribution in [0.25, 0.3) is 0 Å². The molecule has 1 atom stereocenters. The number of nitrogen functional groups attached to an aromatic ring is 1. The number of nitrogens with two attached hydrogens (primary N) is 1. The van der Waals surface area contributed by atoms with E-state index in [1.807, 2.05) is 0 Å². The first-order valence-corrected chi connectivity index (χ1v) is 5.82. The molecule has 0 spiro atoms. The van der Waals surface area contributed by atoms with Crippen molar-refractivity contribution in [2.24, 2.45) is 0 Å². The number of aliphatic hydroxyl groups excluding tert-OH is 1. The summed E-state index contributed by atoms with van der Waals surface area (Å²) in [6, 6.07) is 4.97. The number of aliphatic hydroxyl groups is 1. The molecule has 0 aromatic heterocycles. The summed E-state index contributed by atoms with van der Waals surface area (Å²) in [4.78, 5) is 13.6. The van der Waals surface area contributed by atoms with Crippen LogP contribution in [0.5, 0.6) is 5.75 Å². The summed E-state index contributed by atoms with van der Waals surface area (Å²) in [5.74, 6) is 0.464. The number of anilines is 1. The minimum absolute atomic E-state index is 0.157. The molecule has 5 nitrogen and oxygen atoms in total. The Balaban J connectivity index is 2.77. The normalized spacial score (nSPS) is 12.0. The van der Waals surface area contributed by atoms with Crippen molar-refractivity contribution >= 4 is 11.6 Å². The molecule has 0 aliphatic heterocycles. The van der Waals surface area contributed by atoms with Crippen LogP contribution in [0.4, 0.5) is 5.69 Å². The molecule has 1 aromatic carbocycles. The van der Waals surface area contributed by atoms with E-state index in [1.54, 1.807) is 44.2 Å². The van der Waals surface area contributed by atoms with Crippen LogP contribution < -0.4 is 10.5 Å². The molecule has 0 bridgehead atoms. The highest BCUT2D eigenvalue weighted by atomic mass is 16.5. The second kappa shape index (κ2) is 6.26. The Morgan fingerprint density at radius 1 is 1.56 bits per heavy atom. The number of benzene rings is 1. The number of hydrogen-bond acceptors (Lipinski definition) is 4. The molecule has 1 unspecified atom stereocenters. The lowest BCUT2D eigenvalue weighted by atomic mass is 10.1. The van der Waals surface area contributed by atoms with Gasteiger partial charge in [-0.1, -0.05) is 0 Å². The van der Waals surface area contributed by atoms with Crippen LogP contribution >= 0.6 is 0 Å². The van der Waals surface area contributed by atoms with Gasteiger partial charge in [0.2, 0.25) is 0 Å². The van der Waals surface area contributed by atoms with Crippen molar-refractivity contribution in [3.8, 4) is 5.75 Å². The van der Waals surface area contributed by atoms with Crippen molar-refractivity contribution in [3.63, 3.8) is 0 Å². The standard InChI is InChI=1S/C13H20N2O3/c1-9(16)6-7-15(2)13(17)11-5-4-10(18-3)8-12(11)14/h4-5,8-9,16H,6-7,14H2,1-3H3. The molecule has 1 rings (SSSR count). The van der Waals surface area contributed by atoms with Gasteiger partial charge in [-0.3, -0.25) is 4.79 Å². The van der Waals surface area contributed by atoms with Crippen molar-refractivity contribution in [1.29, 1.82) is 0 Å². The number of carbonyl (C=O) groups excluding carboxylic acids is 1. The topological polar surface area (TPSA) is 75.8 Å². The number of methoxy groups -OCH3 is 1. The Labute approximate surface area is 107 Å². The second-order valence-corrected chi connectivity index (χ2v) is 4.32. The van der Waals surface area contributed by atoms with Crippen LogP contribution in [-0.4, -0.2) is 42.7 Å². The van der Waals surface area contributed by atoms with Crippen molar-refractivity contribution in [2.75, 3.05) is 26.4 Å². The average molecular weight is 252 g/mol. The number of carbonyl (C=O) groups is 1. The van der Waals surface area contributed by atoms with Gasteiger partial charge in [-0.2, -0.15) is 0 Å². The highest BCUT2D eigenvalue weighted by molar-refractivity contribution is 5.99. The second-order valence-electron chi connectivity index (χ2n) is 4.32. The molecule has 100 valence electrons. The summed E-state index contributed by atoms with van der Waals surface area (Å²) >= 11 is 0. The lowest BCUT2D eigenvalue weighted by Crippen LogP contribution is -2.30. The van der Waals surface area contributed by atoms with E-state index in [1.165, 1.54) is 0 Å². The highest BCUT2D eigenvalue weighted by Gasteiger charge is 2.15. The van der Waals surface area contributed by atoms with E-state index < -0.39 is 6.10 Å². The van der Waals surface area contributed by atoms with Crippen molar-refractivity contribution in [2.45, 2.75) is 19.4 Å². The van der Waals surface area contributed by atoms with Crippen LogP contribution in [0, 0.1) is 0 Å². The van der Waals surface area contributed by atoms with Gasteiger partial charge in [-0.05, 0) is 25.5 Å². The van der Waals surface area contributed by atoms with Gasteiger partial charge < -0.3 is 20.5 Å². The average Bonchev–Trinajstić information content (AvgIpc) is 2.34. The smallest absolute Gasteiger partial charge is 0.255 e. The Kier molecular flexibility index (Phi) is 4.97. The van der Waals surface area contributed by atoms with Crippen LogP contribution in [0.15, 0.2) is 18.2 Å². The van der Waals surface area contributed by atoms with Gasteiger partial charge in [-0.25, -0.2) is 0 Å². The van der Waals surface area contributed by atoms with Crippen molar-refractivity contribution in [1.82, 2.24) is 4.90 Å². The predicted octanol–water partition coefficient (Wildman–Crippen LogP) is 1.12. The third-order valence-corrected chi connectivity index (χ3v) is 2.72. The molecule has 1 amide bonds. The molecule has 18 heavy (non-hydrogen) atoms. The van der Waals surface area contributed by atoms with Crippen LogP contribution in [0.1, 0.15) is 23.7 Å². The summed E-state index contributed by atoms with van der Waals surface area (Å²) < 4.78 is 5.03. The first kappa shape index (κ1) is 14.3. The molecule has 3 N–H and O–H groups in total. The molecule has 0 saturated heterocycles. The molecular formula is C13H20N2O3. The van der Waals surface area contributed by atoms with Crippen molar-refractivity contribution in [3.05, 3.63) is 23.8 Å². The zero-order chi connectivity index (χ0) is 13.7. The molecule has 0 fully saturated rings. The molecule has 0 saturated carbocycles. The molecular weight excluding hydrogens is 232 g/mol. The van der Waals surface area contributed by atoms with E-state index in [9.17, 15) is 9.90 Å². The fourth-order valence-corrected chi connectivity index (χ4v) is 1.55. The number of amides is 1. The van der Waals surface area contributed by atoms with Gasteiger partial charge in [0, 0.05) is 25.3 Å². The van der Waals surface area contributed by atoms with E-state index in [0.29, 0.717) is 30.0 Å². The first-order chi connectivity index (χ1) is 8.45. The molecule has 0 heterocycles. The highest BCUT2D eigenvalue weighted by Crippen LogP contribution is 2.20. The number of rotatable bonds is 5. The van der Waals surface area contributed by atoms with Gasteiger partial charge in [0.15, 0.2) is 0 Å². The molecule has 0 aliphatic carbocycles. The number of ether oxygens (including phenoxy) is 1. The minimum atomic E-state index is -0.423. The van der Waals surface area contributed by atoms with Crippen LogP contribution in [0.2, 0.25) is 0 Å². The summed E-state index contributed by atoms with van der Waals surface area (Å²) in [6.45, 7) is 2.18. The zero-order valence-electron chi connectivity index (χ0n) is 11.0. The summed E-state index contributed by atoms with van der Waals surface area (Å²) in [5, 5.41) is 9.20. The molecule has 1 aromatic rings.